The summed E-state index contributed by atoms with van der Waals surface area (Å²) in [7, 11) is 0. The van der Waals surface area contributed by atoms with Gasteiger partial charge in [-0.2, -0.15) is 0 Å². The molecule has 0 aliphatic carbocycles. The largest absolute Gasteiger partial charge is 0.493 e. The smallest absolute Gasteiger partial charge is 0.122 e. The molecule has 1 heterocycles. The normalized spacial score (nSPS) is 15.3. The summed E-state index contributed by atoms with van der Waals surface area (Å²) in [4.78, 5) is 0. The van der Waals surface area contributed by atoms with Crippen LogP contribution in [0.3, 0.4) is 0 Å². The van der Waals surface area contributed by atoms with Crippen molar-refractivity contribution in [3.05, 3.63) is 29.3 Å². The highest BCUT2D eigenvalue weighted by atomic mass is 16.5. The van der Waals surface area contributed by atoms with Gasteiger partial charge in [0, 0.05) is 0 Å². The predicted octanol–water partition coefficient (Wildman–Crippen LogP) is 3.14. The van der Waals surface area contributed by atoms with E-state index in [1.54, 1.807) is 0 Å². The second-order valence-electron chi connectivity index (χ2n) is 3.93. The quantitative estimate of drug-likeness (QED) is 0.638. The minimum atomic E-state index is 0.608. The molecule has 0 fully saturated rings. The molecule has 70 valence electrons. The molecule has 0 saturated carbocycles. The summed E-state index contributed by atoms with van der Waals surface area (Å²) in [5.74, 6) is 1.72. The lowest BCUT2D eigenvalue weighted by atomic mass is 9.93. The molecule has 1 heteroatoms. The van der Waals surface area contributed by atoms with Crippen molar-refractivity contribution < 1.29 is 4.74 Å². The van der Waals surface area contributed by atoms with E-state index in [0.29, 0.717) is 5.92 Å². The predicted molar refractivity (Wildman–Crippen MR) is 54.3 cm³/mol. The first-order chi connectivity index (χ1) is 6.29. The van der Waals surface area contributed by atoms with Crippen molar-refractivity contribution >= 4 is 0 Å². The average molecular weight is 176 g/mol. The maximum absolute atomic E-state index is 5.61. The lowest BCUT2D eigenvalue weighted by Crippen LogP contribution is -2.10. The summed E-state index contributed by atoms with van der Waals surface area (Å²) >= 11 is 0. The molecule has 2 rings (SSSR count). The Morgan fingerprint density at radius 1 is 1.31 bits per heavy atom. The van der Waals surface area contributed by atoms with Crippen molar-refractivity contribution in [1.29, 1.82) is 0 Å². The molecule has 1 nitrogen and oxygen atoms in total. The maximum Gasteiger partial charge on any atom is 0.122 e. The third kappa shape index (κ3) is 1.55. The van der Waals surface area contributed by atoms with Crippen LogP contribution < -0.4 is 4.74 Å². The summed E-state index contributed by atoms with van der Waals surface area (Å²) in [5, 5.41) is 0. The Morgan fingerprint density at radius 2 is 2.15 bits per heavy atom. The van der Waals surface area contributed by atoms with Gasteiger partial charge in [-0.3, -0.25) is 0 Å². The number of hydrogen-bond donors (Lipinski definition) is 0. The summed E-state index contributed by atoms with van der Waals surface area (Å²) < 4.78 is 5.61. The molecule has 0 N–H and O–H groups in total. The van der Waals surface area contributed by atoms with E-state index < -0.39 is 0 Å². The van der Waals surface area contributed by atoms with Gasteiger partial charge in [-0.05, 0) is 36.0 Å². The van der Waals surface area contributed by atoms with Crippen molar-refractivity contribution in [3.8, 4) is 5.75 Å². The van der Waals surface area contributed by atoms with E-state index >= 15 is 0 Å². The standard InChI is InChI=1S/C12H16O/c1-9(2)10-5-3-7-12-11(10)6-4-8-13-12/h3,5,7,9H,4,6,8H2,1-2H3. The summed E-state index contributed by atoms with van der Waals surface area (Å²) in [6, 6.07) is 6.40. The zero-order valence-electron chi connectivity index (χ0n) is 8.34. The molecule has 1 aromatic rings. The van der Waals surface area contributed by atoms with Gasteiger partial charge >= 0.3 is 0 Å². The Kier molecular flexibility index (Phi) is 2.26. The van der Waals surface area contributed by atoms with Gasteiger partial charge in [-0.15, -0.1) is 0 Å². The molecule has 0 atom stereocenters. The Morgan fingerprint density at radius 3 is 2.92 bits per heavy atom. The molecule has 0 amide bonds. The van der Waals surface area contributed by atoms with Crippen LogP contribution in [0.2, 0.25) is 0 Å². The molecule has 0 aromatic heterocycles. The number of rotatable bonds is 1. The van der Waals surface area contributed by atoms with E-state index in [2.05, 4.69) is 32.0 Å². The van der Waals surface area contributed by atoms with Crippen LogP contribution in [0.15, 0.2) is 18.2 Å². The van der Waals surface area contributed by atoms with Crippen LogP contribution in [-0.4, -0.2) is 6.61 Å². The van der Waals surface area contributed by atoms with Gasteiger partial charge in [0.15, 0.2) is 0 Å². The van der Waals surface area contributed by atoms with Gasteiger partial charge < -0.3 is 4.74 Å². The van der Waals surface area contributed by atoms with Crippen molar-refractivity contribution in [2.75, 3.05) is 6.61 Å². The fourth-order valence-electron chi connectivity index (χ4n) is 1.96. The summed E-state index contributed by atoms with van der Waals surface area (Å²) in [6.07, 6.45) is 2.35. The minimum Gasteiger partial charge on any atom is -0.493 e. The average Bonchev–Trinajstić information content (AvgIpc) is 2.17. The monoisotopic (exact) mass is 176 g/mol. The zero-order valence-corrected chi connectivity index (χ0v) is 8.34. The van der Waals surface area contributed by atoms with Crippen molar-refractivity contribution in [1.82, 2.24) is 0 Å². The molecular formula is C12H16O. The van der Waals surface area contributed by atoms with Gasteiger partial charge in [0.25, 0.3) is 0 Å². The highest BCUT2D eigenvalue weighted by Gasteiger charge is 2.15. The number of hydrogen-bond acceptors (Lipinski definition) is 1. The summed E-state index contributed by atoms with van der Waals surface area (Å²) in [6.45, 7) is 5.36. The summed E-state index contributed by atoms with van der Waals surface area (Å²) in [5.41, 5.74) is 2.89. The first-order valence-corrected chi connectivity index (χ1v) is 5.03. The van der Waals surface area contributed by atoms with Crippen LogP contribution in [0, 0.1) is 0 Å². The highest BCUT2D eigenvalue weighted by Crippen LogP contribution is 2.31. The molecular weight excluding hydrogens is 160 g/mol. The zero-order chi connectivity index (χ0) is 9.26. The minimum absolute atomic E-state index is 0.608. The molecule has 0 radical (unpaired) electrons. The number of ether oxygens (including phenoxy) is 1. The molecule has 0 unspecified atom stereocenters. The van der Waals surface area contributed by atoms with Crippen LogP contribution in [0.25, 0.3) is 0 Å². The Hall–Kier alpha value is -0.980. The molecule has 0 saturated heterocycles. The lowest BCUT2D eigenvalue weighted by Gasteiger charge is -2.21. The fourth-order valence-corrected chi connectivity index (χ4v) is 1.96. The van der Waals surface area contributed by atoms with Crippen LogP contribution in [-0.2, 0) is 6.42 Å². The lowest BCUT2D eigenvalue weighted by molar-refractivity contribution is 0.287. The van der Waals surface area contributed by atoms with E-state index in [9.17, 15) is 0 Å². The molecule has 13 heavy (non-hydrogen) atoms. The van der Waals surface area contributed by atoms with E-state index in [4.69, 9.17) is 4.74 Å². The van der Waals surface area contributed by atoms with Gasteiger partial charge in [0.1, 0.15) is 5.75 Å². The third-order valence-corrected chi connectivity index (χ3v) is 2.62. The van der Waals surface area contributed by atoms with E-state index in [1.165, 1.54) is 17.5 Å². The fraction of sp³-hybridized carbons (Fsp3) is 0.500. The Labute approximate surface area is 79.7 Å². The highest BCUT2D eigenvalue weighted by molar-refractivity contribution is 5.42. The van der Waals surface area contributed by atoms with E-state index in [1.807, 2.05) is 0 Å². The SMILES string of the molecule is CC(C)c1cccc2c1CCCO2. The van der Waals surface area contributed by atoms with Crippen LogP contribution in [0.4, 0.5) is 0 Å². The first-order valence-electron chi connectivity index (χ1n) is 5.03. The molecule has 1 aliphatic heterocycles. The van der Waals surface area contributed by atoms with Gasteiger partial charge in [0.05, 0.1) is 6.61 Å². The van der Waals surface area contributed by atoms with Crippen molar-refractivity contribution in [3.63, 3.8) is 0 Å². The van der Waals surface area contributed by atoms with Crippen LogP contribution in [0.5, 0.6) is 5.75 Å². The number of fused-ring (bicyclic) bond motifs is 1. The third-order valence-electron chi connectivity index (χ3n) is 2.62. The topological polar surface area (TPSA) is 9.23 Å². The van der Waals surface area contributed by atoms with E-state index in [0.717, 1.165) is 18.8 Å². The molecule has 1 aromatic carbocycles. The second-order valence-corrected chi connectivity index (χ2v) is 3.93. The van der Waals surface area contributed by atoms with Crippen molar-refractivity contribution in [2.24, 2.45) is 0 Å². The second kappa shape index (κ2) is 3.41. The van der Waals surface area contributed by atoms with Gasteiger partial charge in [0.2, 0.25) is 0 Å². The van der Waals surface area contributed by atoms with Crippen LogP contribution in [0.1, 0.15) is 37.3 Å². The van der Waals surface area contributed by atoms with E-state index in [-0.39, 0.29) is 0 Å². The Balaban J connectivity index is 2.46. The van der Waals surface area contributed by atoms with Crippen molar-refractivity contribution in [2.45, 2.75) is 32.6 Å². The molecule has 0 spiro atoms. The molecule has 0 bridgehead atoms. The maximum atomic E-state index is 5.61. The number of benzene rings is 1. The van der Waals surface area contributed by atoms with Gasteiger partial charge in [-0.1, -0.05) is 26.0 Å². The Bertz CT molecular complexity index is 302. The first kappa shape index (κ1) is 8.61. The van der Waals surface area contributed by atoms with Crippen LogP contribution >= 0.6 is 0 Å². The molecule has 1 aliphatic rings. The van der Waals surface area contributed by atoms with Gasteiger partial charge in [-0.25, -0.2) is 0 Å².